The third kappa shape index (κ3) is 2.40. The molecule has 5 heteroatoms. The van der Waals surface area contributed by atoms with Gasteiger partial charge in [-0.2, -0.15) is 0 Å². The molecular weight excluding hydrogens is 237 g/mol. The SMILES string of the molecule is CC(C)NC(=O)c1cc2cc(F)ccc2oc1=O. The van der Waals surface area contributed by atoms with Crippen molar-refractivity contribution in [2.24, 2.45) is 0 Å². The molecule has 0 aliphatic heterocycles. The third-order valence-corrected chi connectivity index (χ3v) is 2.36. The third-order valence-electron chi connectivity index (χ3n) is 2.36. The molecule has 94 valence electrons. The molecule has 0 aliphatic carbocycles. The first-order valence-corrected chi connectivity index (χ1v) is 5.51. The topological polar surface area (TPSA) is 59.3 Å². The average Bonchev–Trinajstić information content (AvgIpc) is 2.27. The lowest BCUT2D eigenvalue weighted by Gasteiger charge is -2.07. The van der Waals surface area contributed by atoms with Gasteiger partial charge in [-0.05, 0) is 38.1 Å². The molecule has 0 fully saturated rings. The average molecular weight is 249 g/mol. The molecule has 1 N–H and O–H groups in total. The fourth-order valence-electron chi connectivity index (χ4n) is 1.59. The second-order valence-electron chi connectivity index (χ2n) is 4.26. The Morgan fingerprint density at radius 1 is 1.33 bits per heavy atom. The Kier molecular flexibility index (Phi) is 3.14. The normalized spacial score (nSPS) is 10.9. The fraction of sp³-hybridized carbons (Fsp3) is 0.231. The van der Waals surface area contributed by atoms with E-state index in [0.717, 1.165) is 0 Å². The molecule has 0 unspecified atom stereocenters. The van der Waals surface area contributed by atoms with Crippen molar-refractivity contribution in [2.75, 3.05) is 0 Å². The van der Waals surface area contributed by atoms with E-state index in [9.17, 15) is 14.0 Å². The van der Waals surface area contributed by atoms with Crippen LogP contribution in [0.4, 0.5) is 4.39 Å². The largest absolute Gasteiger partial charge is 0.422 e. The molecule has 2 aromatic rings. The van der Waals surface area contributed by atoms with E-state index in [1.807, 2.05) is 0 Å². The Bertz CT molecular complexity index is 661. The molecule has 0 saturated carbocycles. The minimum absolute atomic E-state index is 0.0971. The number of amides is 1. The predicted molar refractivity (Wildman–Crippen MR) is 65.0 cm³/mol. The molecule has 4 nitrogen and oxygen atoms in total. The van der Waals surface area contributed by atoms with Crippen LogP contribution in [0.2, 0.25) is 0 Å². The number of hydrogen-bond acceptors (Lipinski definition) is 3. The Labute approximate surface area is 102 Å². The number of hydrogen-bond donors (Lipinski definition) is 1. The van der Waals surface area contributed by atoms with Gasteiger partial charge in [-0.3, -0.25) is 4.79 Å². The van der Waals surface area contributed by atoms with Crippen molar-refractivity contribution in [2.45, 2.75) is 19.9 Å². The standard InChI is InChI=1S/C13H12FNO3/c1-7(2)15-12(16)10-6-8-5-9(14)3-4-11(8)18-13(10)17/h3-7H,1-2H3,(H,15,16). The summed E-state index contributed by atoms with van der Waals surface area (Å²) in [6, 6.07) is 5.00. The van der Waals surface area contributed by atoms with E-state index < -0.39 is 17.3 Å². The monoisotopic (exact) mass is 249 g/mol. The first-order chi connectivity index (χ1) is 8.47. The van der Waals surface area contributed by atoms with Gasteiger partial charge in [0.1, 0.15) is 17.0 Å². The zero-order valence-electron chi connectivity index (χ0n) is 9.99. The number of rotatable bonds is 2. The summed E-state index contributed by atoms with van der Waals surface area (Å²) >= 11 is 0. The molecule has 1 amide bonds. The van der Waals surface area contributed by atoms with Gasteiger partial charge in [-0.25, -0.2) is 9.18 Å². The van der Waals surface area contributed by atoms with Crippen LogP contribution in [-0.4, -0.2) is 11.9 Å². The van der Waals surface area contributed by atoms with Crippen LogP contribution >= 0.6 is 0 Å². The Morgan fingerprint density at radius 2 is 2.06 bits per heavy atom. The van der Waals surface area contributed by atoms with Crippen molar-refractivity contribution < 1.29 is 13.6 Å². The summed E-state index contributed by atoms with van der Waals surface area (Å²) in [5.41, 5.74) is -0.600. The number of carbonyl (C=O) groups excluding carboxylic acids is 1. The minimum atomic E-state index is -0.729. The van der Waals surface area contributed by atoms with Crippen molar-refractivity contribution in [3.63, 3.8) is 0 Å². The Morgan fingerprint density at radius 3 is 2.72 bits per heavy atom. The van der Waals surface area contributed by atoms with E-state index in [1.165, 1.54) is 24.3 Å². The second-order valence-corrected chi connectivity index (χ2v) is 4.26. The van der Waals surface area contributed by atoms with Gasteiger partial charge >= 0.3 is 5.63 Å². The summed E-state index contributed by atoms with van der Waals surface area (Å²) < 4.78 is 18.0. The van der Waals surface area contributed by atoms with Crippen LogP contribution in [0, 0.1) is 5.82 Å². The zero-order valence-corrected chi connectivity index (χ0v) is 9.99. The van der Waals surface area contributed by atoms with Gasteiger partial charge in [-0.15, -0.1) is 0 Å². The lowest BCUT2D eigenvalue weighted by Crippen LogP contribution is -2.33. The van der Waals surface area contributed by atoms with E-state index in [4.69, 9.17) is 4.42 Å². The number of nitrogens with one attached hydrogen (secondary N) is 1. The number of benzene rings is 1. The molecule has 0 saturated heterocycles. The zero-order chi connectivity index (χ0) is 13.3. The summed E-state index contributed by atoms with van der Waals surface area (Å²) in [6.07, 6.45) is 0. The van der Waals surface area contributed by atoms with E-state index in [0.29, 0.717) is 5.39 Å². The molecule has 1 heterocycles. The molecule has 0 atom stereocenters. The van der Waals surface area contributed by atoms with Crippen LogP contribution in [0.5, 0.6) is 0 Å². The first-order valence-electron chi connectivity index (χ1n) is 5.51. The molecule has 0 bridgehead atoms. The molecule has 0 aliphatic rings. The van der Waals surface area contributed by atoms with E-state index in [2.05, 4.69) is 5.32 Å². The van der Waals surface area contributed by atoms with Crippen LogP contribution < -0.4 is 10.9 Å². The van der Waals surface area contributed by atoms with E-state index >= 15 is 0 Å². The maximum Gasteiger partial charge on any atom is 0.349 e. The maximum absolute atomic E-state index is 13.1. The molecule has 1 aromatic carbocycles. The van der Waals surface area contributed by atoms with Gasteiger partial charge in [0.25, 0.3) is 5.91 Å². The number of fused-ring (bicyclic) bond motifs is 1. The highest BCUT2D eigenvalue weighted by atomic mass is 19.1. The number of halogens is 1. The highest BCUT2D eigenvalue weighted by Gasteiger charge is 2.14. The summed E-state index contributed by atoms with van der Waals surface area (Å²) in [5.74, 6) is -0.975. The Hall–Kier alpha value is -2.17. The summed E-state index contributed by atoms with van der Waals surface area (Å²) in [7, 11) is 0. The van der Waals surface area contributed by atoms with Crippen LogP contribution in [0.15, 0.2) is 33.5 Å². The van der Waals surface area contributed by atoms with Crippen LogP contribution in [0.3, 0.4) is 0 Å². The van der Waals surface area contributed by atoms with Gasteiger partial charge < -0.3 is 9.73 Å². The van der Waals surface area contributed by atoms with E-state index in [1.54, 1.807) is 13.8 Å². The molecule has 18 heavy (non-hydrogen) atoms. The highest BCUT2D eigenvalue weighted by molar-refractivity contribution is 5.96. The molecular formula is C13H12FNO3. The molecule has 2 rings (SSSR count). The summed E-state index contributed by atoms with van der Waals surface area (Å²) in [5, 5.41) is 2.96. The van der Waals surface area contributed by atoms with Crippen LogP contribution in [0.25, 0.3) is 11.0 Å². The van der Waals surface area contributed by atoms with Crippen molar-refractivity contribution in [3.05, 3.63) is 46.1 Å². The lowest BCUT2D eigenvalue weighted by molar-refractivity contribution is 0.0939. The summed E-state index contributed by atoms with van der Waals surface area (Å²) in [6.45, 7) is 3.56. The summed E-state index contributed by atoms with van der Waals surface area (Å²) in [4.78, 5) is 23.4. The quantitative estimate of drug-likeness (QED) is 0.829. The van der Waals surface area contributed by atoms with Crippen LogP contribution in [0.1, 0.15) is 24.2 Å². The number of carbonyl (C=O) groups is 1. The van der Waals surface area contributed by atoms with Gasteiger partial charge in [0.2, 0.25) is 0 Å². The maximum atomic E-state index is 13.1. The van der Waals surface area contributed by atoms with Gasteiger partial charge in [0.15, 0.2) is 0 Å². The smallest absolute Gasteiger partial charge is 0.349 e. The van der Waals surface area contributed by atoms with Crippen molar-refractivity contribution in [1.29, 1.82) is 0 Å². The fourth-order valence-corrected chi connectivity index (χ4v) is 1.59. The molecule has 0 radical (unpaired) electrons. The van der Waals surface area contributed by atoms with Gasteiger partial charge in [-0.1, -0.05) is 0 Å². The lowest BCUT2D eigenvalue weighted by atomic mass is 10.1. The van der Waals surface area contributed by atoms with Crippen molar-refractivity contribution in [1.82, 2.24) is 5.32 Å². The van der Waals surface area contributed by atoms with Crippen LogP contribution in [-0.2, 0) is 0 Å². The minimum Gasteiger partial charge on any atom is -0.422 e. The predicted octanol–water partition coefficient (Wildman–Crippen LogP) is 2.07. The Balaban J connectivity index is 2.54. The first kappa shape index (κ1) is 12.3. The van der Waals surface area contributed by atoms with Crippen molar-refractivity contribution >= 4 is 16.9 Å². The highest BCUT2D eigenvalue weighted by Crippen LogP contribution is 2.14. The molecule has 0 spiro atoms. The van der Waals surface area contributed by atoms with Gasteiger partial charge in [0.05, 0.1) is 0 Å². The second kappa shape index (κ2) is 4.60. The van der Waals surface area contributed by atoms with E-state index in [-0.39, 0.29) is 17.2 Å². The molecule has 1 aromatic heterocycles. The van der Waals surface area contributed by atoms with Crippen molar-refractivity contribution in [3.8, 4) is 0 Å². The van der Waals surface area contributed by atoms with Gasteiger partial charge in [0, 0.05) is 11.4 Å².